The second-order valence-electron chi connectivity index (χ2n) is 5.49. The van der Waals surface area contributed by atoms with Crippen LogP contribution in [0.25, 0.3) is 21.5 Å². The summed E-state index contributed by atoms with van der Waals surface area (Å²) in [5.74, 6) is 0.941. The van der Waals surface area contributed by atoms with E-state index in [4.69, 9.17) is 0 Å². The van der Waals surface area contributed by atoms with E-state index in [-0.39, 0.29) is 6.10 Å². The van der Waals surface area contributed by atoms with Crippen molar-refractivity contribution in [1.29, 1.82) is 0 Å². The lowest BCUT2D eigenvalue weighted by atomic mass is 10.1. The van der Waals surface area contributed by atoms with Crippen LogP contribution in [0.3, 0.4) is 0 Å². The standard InChI is InChI=1S/C16H16N4OS/c21-12-6-8-20(9-7-12)16-15-14(17-10-18-16)13(19-22-15)11-4-2-1-3-5-11/h1-5,10,12,21H,6-9H2. The molecule has 1 fully saturated rings. The Balaban J connectivity index is 1.77. The van der Waals surface area contributed by atoms with Gasteiger partial charge < -0.3 is 10.0 Å². The van der Waals surface area contributed by atoms with E-state index in [9.17, 15) is 5.11 Å². The maximum atomic E-state index is 9.67. The van der Waals surface area contributed by atoms with Crippen molar-refractivity contribution in [3.8, 4) is 11.3 Å². The van der Waals surface area contributed by atoms with E-state index in [0.717, 1.165) is 53.2 Å². The third-order valence-electron chi connectivity index (χ3n) is 4.05. The fraction of sp³-hybridized carbons (Fsp3) is 0.312. The maximum absolute atomic E-state index is 9.67. The molecule has 3 heterocycles. The molecule has 2 aromatic heterocycles. The average molecular weight is 312 g/mol. The van der Waals surface area contributed by atoms with E-state index in [1.54, 1.807) is 6.33 Å². The second kappa shape index (κ2) is 5.62. The quantitative estimate of drug-likeness (QED) is 0.788. The molecule has 0 bridgehead atoms. The van der Waals surface area contributed by atoms with Gasteiger partial charge in [0.1, 0.15) is 22.2 Å². The zero-order valence-electron chi connectivity index (χ0n) is 12.0. The molecule has 112 valence electrons. The van der Waals surface area contributed by atoms with Gasteiger partial charge in [-0.05, 0) is 24.4 Å². The van der Waals surface area contributed by atoms with Gasteiger partial charge in [-0.3, -0.25) is 0 Å². The first-order valence-electron chi connectivity index (χ1n) is 7.42. The van der Waals surface area contributed by atoms with E-state index in [1.807, 2.05) is 30.3 Å². The van der Waals surface area contributed by atoms with Crippen LogP contribution in [0.4, 0.5) is 5.82 Å². The van der Waals surface area contributed by atoms with Gasteiger partial charge in [0.2, 0.25) is 0 Å². The Kier molecular flexibility index (Phi) is 3.48. The molecule has 0 saturated carbocycles. The van der Waals surface area contributed by atoms with Gasteiger partial charge in [0.15, 0.2) is 5.82 Å². The van der Waals surface area contributed by atoms with Crippen molar-refractivity contribution in [2.45, 2.75) is 18.9 Å². The normalized spacial score (nSPS) is 16.3. The summed E-state index contributed by atoms with van der Waals surface area (Å²) in [6, 6.07) is 10.1. The number of fused-ring (bicyclic) bond motifs is 1. The highest BCUT2D eigenvalue weighted by Crippen LogP contribution is 2.34. The van der Waals surface area contributed by atoms with Crippen LogP contribution in [0.5, 0.6) is 0 Å². The fourth-order valence-corrected chi connectivity index (χ4v) is 3.71. The van der Waals surface area contributed by atoms with E-state index in [0.29, 0.717) is 0 Å². The number of aliphatic hydroxyl groups is 1. The van der Waals surface area contributed by atoms with Gasteiger partial charge in [-0.25, -0.2) is 9.97 Å². The van der Waals surface area contributed by atoms with Crippen molar-refractivity contribution in [2.24, 2.45) is 0 Å². The first-order valence-corrected chi connectivity index (χ1v) is 8.19. The van der Waals surface area contributed by atoms with Crippen molar-refractivity contribution in [2.75, 3.05) is 18.0 Å². The lowest BCUT2D eigenvalue weighted by Gasteiger charge is -2.30. The van der Waals surface area contributed by atoms with Gasteiger partial charge in [0.05, 0.1) is 6.10 Å². The van der Waals surface area contributed by atoms with Crippen molar-refractivity contribution < 1.29 is 5.11 Å². The van der Waals surface area contributed by atoms with Crippen LogP contribution in [0.1, 0.15) is 12.8 Å². The smallest absolute Gasteiger partial charge is 0.151 e. The monoisotopic (exact) mass is 312 g/mol. The molecule has 0 spiro atoms. The molecule has 0 radical (unpaired) electrons. The molecular formula is C16H16N4OS. The van der Waals surface area contributed by atoms with Crippen LogP contribution in [0.15, 0.2) is 36.7 Å². The largest absolute Gasteiger partial charge is 0.393 e. The number of benzene rings is 1. The number of piperidine rings is 1. The van der Waals surface area contributed by atoms with Gasteiger partial charge in [0.25, 0.3) is 0 Å². The van der Waals surface area contributed by atoms with Crippen molar-refractivity contribution >= 4 is 27.6 Å². The molecule has 0 amide bonds. The number of rotatable bonds is 2. The molecule has 1 saturated heterocycles. The molecule has 6 heteroatoms. The molecule has 22 heavy (non-hydrogen) atoms. The topological polar surface area (TPSA) is 62.1 Å². The Bertz CT molecular complexity index is 781. The molecule has 5 nitrogen and oxygen atoms in total. The van der Waals surface area contributed by atoms with Gasteiger partial charge in [-0.15, -0.1) is 0 Å². The second-order valence-corrected chi connectivity index (χ2v) is 6.26. The van der Waals surface area contributed by atoms with Crippen LogP contribution in [-0.2, 0) is 0 Å². The Morgan fingerprint density at radius 1 is 1.09 bits per heavy atom. The van der Waals surface area contributed by atoms with Crippen molar-refractivity contribution in [3.05, 3.63) is 36.7 Å². The van der Waals surface area contributed by atoms with Crippen LogP contribution in [0, 0.1) is 0 Å². The highest BCUT2D eigenvalue weighted by atomic mass is 32.1. The summed E-state index contributed by atoms with van der Waals surface area (Å²) in [4.78, 5) is 11.1. The lowest BCUT2D eigenvalue weighted by Crippen LogP contribution is -2.36. The van der Waals surface area contributed by atoms with E-state index < -0.39 is 0 Å². The number of aromatic nitrogens is 3. The summed E-state index contributed by atoms with van der Waals surface area (Å²) in [5, 5.41) is 9.67. The van der Waals surface area contributed by atoms with Crippen molar-refractivity contribution in [3.63, 3.8) is 0 Å². The first kappa shape index (κ1) is 13.6. The van der Waals surface area contributed by atoms with Gasteiger partial charge in [0, 0.05) is 18.7 Å². The Labute approximate surface area is 132 Å². The third kappa shape index (κ3) is 2.34. The average Bonchev–Trinajstić information content (AvgIpc) is 3.00. The molecule has 4 rings (SSSR count). The van der Waals surface area contributed by atoms with Gasteiger partial charge in [-0.2, -0.15) is 4.37 Å². The molecule has 1 aromatic carbocycles. The molecule has 1 N–H and O–H groups in total. The molecule has 0 aliphatic carbocycles. The zero-order chi connectivity index (χ0) is 14.9. The summed E-state index contributed by atoms with van der Waals surface area (Å²) in [6.45, 7) is 1.65. The fourth-order valence-electron chi connectivity index (χ4n) is 2.84. The summed E-state index contributed by atoms with van der Waals surface area (Å²) in [5.41, 5.74) is 2.90. The summed E-state index contributed by atoms with van der Waals surface area (Å²) in [7, 11) is 0. The third-order valence-corrected chi connectivity index (χ3v) is 4.88. The van der Waals surface area contributed by atoms with Crippen LogP contribution in [-0.4, -0.2) is 38.6 Å². The Hall–Kier alpha value is -2.05. The minimum Gasteiger partial charge on any atom is -0.393 e. The van der Waals surface area contributed by atoms with E-state index in [1.165, 1.54) is 11.5 Å². The Morgan fingerprint density at radius 3 is 2.64 bits per heavy atom. The number of anilines is 1. The van der Waals surface area contributed by atoms with E-state index >= 15 is 0 Å². The molecule has 0 unspecified atom stereocenters. The zero-order valence-corrected chi connectivity index (χ0v) is 12.8. The van der Waals surface area contributed by atoms with Crippen LogP contribution < -0.4 is 4.90 Å². The number of nitrogens with zero attached hydrogens (tertiary/aromatic N) is 4. The summed E-state index contributed by atoms with van der Waals surface area (Å²) < 4.78 is 5.62. The molecule has 3 aromatic rings. The van der Waals surface area contributed by atoms with Crippen LogP contribution >= 0.6 is 11.5 Å². The molecule has 0 atom stereocenters. The predicted molar refractivity (Wildman–Crippen MR) is 88.1 cm³/mol. The molecular weight excluding hydrogens is 296 g/mol. The highest BCUT2D eigenvalue weighted by Gasteiger charge is 2.22. The predicted octanol–water partition coefficient (Wildman–Crippen LogP) is 2.71. The summed E-state index contributed by atoms with van der Waals surface area (Å²) >= 11 is 1.45. The lowest BCUT2D eigenvalue weighted by molar-refractivity contribution is 0.145. The SMILES string of the molecule is OC1CCN(c2ncnc3c(-c4ccccc4)nsc23)CC1. The van der Waals surface area contributed by atoms with Crippen molar-refractivity contribution in [1.82, 2.24) is 14.3 Å². The first-order chi connectivity index (χ1) is 10.8. The number of hydrogen-bond donors (Lipinski definition) is 1. The summed E-state index contributed by atoms with van der Waals surface area (Å²) in [6.07, 6.45) is 3.00. The van der Waals surface area contributed by atoms with Gasteiger partial charge >= 0.3 is 0 Å². The Morgan fingerprint density at radius 2 is 1.86 bits per heavy atom. The van der Waals surface area contributed by atoms with Gasteiger partial charge in [-0.1, -0.05) is 30.3 Å². The molecule has 1 aliphatic heterocycles. The minimum atomic E-state index is -0.185. The highest BCUT2D eigenvalue weighted by molar-refractivity contribution is 7.14. The molecule has 1 aliphatic rings. The van der Waals surface area contributed by atoms with E-state index in [2.05, 4.69) is 19.2 Å². The minimum absolute atomic E-state index is 0.185. The number of hydrogen-bond acceptors (Lipinski definition) is 6. The maximum Gasteiger partial charge on any atom is 0.151 e. The number of aliphatic hydroxyl groups excluding tert-OH is 1. The van der Waals surface area contributed by atoms with Crippen LogP contribution in [0.2, 0.25) is 0 Å².